The Kier molecular flexibility index (Phi) is 25.4. The highest BCUT2D eigenvalue weighted by Crippen LogP contribution is 2.41. The van der Waals surface area contributed by atoms with Gasteiger partial charge in [-0.1, -0.05) is 95.5 Å². The van der Waals surface area contributed by atoms with Crippen LogP contribution in [0.3, 0.4) is 0 Å². The maximum atomic E-state index is 12.7. The smallest absolute Gasteiger partial charge is 0.456 e. The lowest BCUT2D eigenvalue weighted by atomic mass is 9.79. The number of nitrogens with one attached hydrogen (secondary N) is 2. The standard InChI is InChI=1S/C27H29ClN6O3.C18H20BClO3.C17H12ClN5O.C10H19NO3.C5H4IN5/c1-27(2,3)37-26(35)33-13-7-8-18(15-33)34-25-22(24(29)30-16-31-25)23(32-34)17-11-12-21(20(28)14-17)36-19-9-5-4-6-10-19;1-17(2)18(3,4)23-19(22-17)13-10-11-16(15(20)12-13)21-14-8-6-5-7-9-14;18-12-8-10(6-7-13(12)24-11-4-2-1-3-5-11)15-14-16(19)20-9-21-17(14)23-22-15;1-10(2,3)14-9(13)11-6-4-5-8(12)7-11;6-3-2-4(7)8-1-9-5(2)11-10-3/h4-6,9-12,14,16,18H,7-8,13,15H2,1-3H3,(H2,29,30,31);5-12H,1-4H3;1-9H,(H3,19,20,21,22,23);8,12H,4-7H2,1-3H3;1H,(H3,7,8,9,10,11). The van der Waals surface area contributed by atoms with E-state index in [4.69, 9.17) is 90.1 Å². The molecule has 32 heteroatoms. The molecule has 0 bridgehead atoms. The highest BCUT2D eigenvalue weighted by Gasteiger charge is 2.52. The van der Waals surface area contributed by atoms with Crippen molar-refractivity contribution in [3.63, 3.8) is 0 Å². The van der Waals surface area contributed by atoms with E-state index >= 15 is 0 Å². The summed E-state index contributed by atoms with van der Waals surface area (Å²) in [6, 6.07) is 44.9. The number of hydrogen-bond acceptors (Lipinski definition) is 22. The Morgan fingerprint density at radius 1 is 0.560 bits per heavy atom. The molecule has 15 rings (SSSR count). The van der Waals surface area contributed by atoms with E-state index in [9.17, 15) is 14.7 Å². The molecule has 568 valence electrons. The Morgan fingerprint density at radius 3 is 1.50 bits per heavy atom. The minimum Gasteiger partial charge on any atom is -0.456 e. The number of β-amino-alcohol motifs (C(OH)–C–C–N with tert-alkyl or cyclic N) is 1. The van der Waals surface area contributed by atoms with Crippen molar-refractivity contribution < 1.29 is 47.7 Å². The van der Waals surface area contributed by atoms with Crippen molar-refractivity contribution in [2.75, 3.05) is 43.4 Å². The number of rotatable bonds is 10. The van der Waals surface area contributed by atoms with Crippen LogP contribution in [0.4, 0.5) is 27.0 Å². The molecule has 2 amide bonds. The lowest BCUT2D eigenvalue weighted by molar-refractivity contribution is 0.00387. The number of aromatic amines is 2. The molecule has 3 fully saturated rings. The molecule has 0 saturated carbocycles. The Balaban J connectivity index is 0.000000144. The number of aliphatic hydroxyl groups is 1. The van der Waals surface area contributed by atoms with Gasteiger partial charge in [0.1, 0.15) is 91.5 Å². The first-order valence-corrected chi connectivity index (χ1v) is 37.2. The lowest BCUT2D eigenvalue weighted by Crippen LogP contribution is -2.44. The number of aromatic nitrogens is 12. The molecule has 6 aromatic carbocycles. The number of nitrogen functional groups attached to an aromatic ring is 3. The topological polar surface area (TPSA) is 356 Å². The van der Waals surface area contributed by atoms with Gasteiger partial charge in [0, 0.05) is 37.3 Å². The van der Waals surface area contributed by atoms with Gasteiger partial charge in [-0.05, 0) is 208 Å². The van der Waals surface area contributed by atoms with E-state index in [1.54, 1.807) is 34.1 Å². The Hall–Kier alpha value is -10.1. The molecular weight excluding hydrogens is 1570 g/mol. The zero-order valence-corrected chi connectivity index (χ0v) is 66.1. The van der Waals surface area contributed by atoms with Crippen molar-refractivity contribution in [1.82, 2.24) is 69.9 Å². The molecule has 2 unspecified atom stereocenters. The summed E-state index contributed by atoms with van der Waals surface area (Å²) < 4.78 is 43.1. The van der Waals surface area contributed by atoms with Crippen LogP contribution in [-0.4, -0.2) is 149 Å². The maximum absolute atomic E-state index is 12.7. The Morgan fingerprint density at radius 2 is 1.00 bits per heavy atom. The second kappa shape index (κ2) is 34.6. The summed E-state index contributed by atoms with van der Waals surface area (Å²) in [4.78, 5) is 52.2. The van der Waals surface area contributed by atoms with Gasteiger partial charge >= 0.3 is 19.3 Å². The fourth-order valence-electron chi connectivity index (χ4n) is 11.5. The summed E-state index contributed by atoms with van der Waals surface area (Å²) in [5.74, 6) is 5.03. The first kappa shape index (κ1) is 79.9. The van der Waals surface area contributed by atoms with Crippen LogP contribution in [0.5, 0.6) is 34.5 Å². The minimum absolute atomic E-state index is 0.0945. The number of likely N-dealkylation sites (tertiary alicyclic amines) is 2. The SMILES string of the molecule is CC(C)(C)OC(=O)N1CCCC(O)C1.CC(C)(C)OC(=O)N1CCCC(n2nc(-c3ccc(Oc4ccccc4)c(Cl)c3)c3c(N)ncnc32)C1.CC1(C)OB(c2ccc(Oc3ccccc3)c(Cl)c2)OC1(C)C.Nc1ncnc2n[nH]c(-c3ccc(Oc4ccccc4)c(Cl)c3)c12.Nc1ncnc2n[nH]c(I)c12. The minimum atomic E-state index is -0.563. The van der Waals surface area contributed by atoms with Crippen LogP contribution in [0.15, 0.2) is 165 Å². The number of ether oxygens (including phenoxy) is 5. The van der Waals surface area contributed by atoms with E-state index in [-0.39, 0.29) is 29.4 Å². The molecule has 6 aromatic heterocycles. The van der Waals surface area contributed by atoms with E-state index in [1.807, 2.05) is 195 Å². The second-order valence-corrected chi connectivity index (χ2v) is 30.9. The van der Waals surface area contributed by atoms with Crippen molar-refractivity contribution >= 4 is 133 Å². The van der Waals surface area contributed by atoms with Gasteiger partial charge in [-0.15, -0.1) is 0 Å². The predicted molar refractivity (Wildman–Crippen MR) is 431 cm³/mol. The van der Waals surface area contributed by atoms with E-state index in [0.717, 1.165) is 68.6 Å². The van der Waals surface area contributed by atoms with E-state index < -0.39 is 24.4 Å². The summed E-state index contributed by atoms with van der Waals surface area (Å²) in [7, 11) is -0.428. The maximum Gasteiger partial charge on any atom is 0.494 e. The van der Waals surface area contributed by atoms with Gasteiger partial charge in [-0.25, -0.2) is 44.2 Å². The molecule has 3 aliphatic heterocycles. The van der Waals surface area contributed by atoms with Crippen LogP contribution >= 0.6 is 57.4 Å². The molecule has 0 radical (unpaired) electrons. The number of halogens is 4. The van der Waals surface area contributed by atoms with Gasteiger partial charge in [0.05, 0.1) is 60.3 Å². The summed E-state index contributed by atoms with van der Waals surface area (Å²) in [6.07, 6.45) is 6.44. The average molecular weight is 1650 g/mol. The average Bonchev–Trinajstić information content (AvgIpc) is 1.62. The van der Waals surface area contributed by atoms with E-state index in [2.05, 4.69) is 72.9 Å². The van der Waals surface area contributed by atoms with Gasteiger partial charge in [-0.2, -0.15) is 15.3 Å². The molecule has 12 aromatic rings. The van der Waals surface area contributed by atoms with Crippen LogP contribution in [0.2, 0.25) is 15.1 Å². The highest BCUT2D eigenvalue weighted by atomic mass is 127. The molecular formula is C77H84BCl3IN17O10. The van der Waals surface area contributed by atoms with Crippen molar-refractivity contribution in [2.45, 2.75) is 129 Å². The molecule has 109 heavy (non-hydrogen) atoms. The van der Waals surface area contributed by atoms with Gasteiger partial charge in [0.15, 0.2) is 16.9 Å². The number of amides is 2. The molecule has 0 aliphatic carbocycles. The number of nitrogens with zero attached hydrogens (tertiary/aromatic N) is 12. The molecule has 9 heterocycles. The monoisotopic (exact) mass is 1650 g/mol. The normalized spacial score (nSPS) is 15.9. The number of piperidine rings is 2. The number of para-hydroxylation sites is 3. The first-order valence-electron chi connectivity index (χ1n) is 35.0. The molecule has 3 aliphatic rings. The first-order chi connectivity index (χ1) is 51.9. The van der Waals surface area contributed by atoms with Crippen LogP contribution in [0.25, 0.3) is 55.6 Å². The van der Waals surface area contributed by atoms with Crippen molar-refractivity contribution in [3.05, 3.63) is 183 Å². The highest BCUT2D eigenvalue weighted by molar-refractivity contribution is 14.1. The zero-order valence-electron chi connectivity index (χ0n) is 61.7. The third-order valence-corrected chi connectivity index (χ3v) is 19.2. The lowest BCUT2D eigenvalue weighted by Gasteiger charge is -2.34. The largest absolute Gasteiger partial charge is 0.494 e. The van der Waals surface area contributed by atoms with Crippen molar-refractivity contribution in [1.29, 1.82) is 0 Å². The van der Waals surface area contributed by atoms with Crippen LogP contribution in [-0.2, 0) is 18.8 Å². The molecule has 3 saturated heterocycles. The number of hydrogen-bond donors (Lipinski definition) is 6. The predicted octanol–water partition coefficient (Wildman–Crippen LogP) is 16.5. The van der Waals surface area contributed by atoms with Crippen LogP contribution in [0, 0.1) is 3.70 Å². The Labute approximate surface area is 659 Å². The second-order valence-electron chi connectivity index (χ2n) is 28.6. The van der Waals surface area contributed by atoms with Gasteiger partial charge in [0.2, 0.25) is 0 Å². The van der Waals surface area contributed by atoms with Crippen LogP contribution in [0.1, 0.15) is 101 Å². The number of benzene rings is 6. The third kappa shape index (κ3) is 20.4. The fraction of sp³-hybridized carbons (Fsp3) is 0.312. The van der Waals surface area contributed by atoms with E-state index in [0.29, 0.717) is 115 Å². The molecule has 0 spiro atoms. The number of carbonyl (C=O) groups excluding carboxylic acids is 2. The van der Waals surface area contributed by atoms with Gasteiger partial charge < -0.3 is 65.1 Å². The van der Waals surface area contributed by atoms with E-state index in [1.165, 1.54) is 19.0 Å². The summed E-state index contributed by atoms with van der Waals surface area (Å²) in [6.45, 7) is 21.4. The molecule has 27 nitrogen and oxygen atoms in total. The number of aliphatic hydroxyl groups excluding tert-OH is 1. The number of fused-ring (bicyclic) bond motifs is 3. The quantitative estimate of drug-likeness (QED) is 0.0547. The summed E-state index contributed by atoms with van der Waals surface area (Å²) >= 11 is 21.4. The van der Waals surface area contributed by atoms with Crippen molar-refractivity contribution in [2.24, 2.45) is 0 Å². The zero-order chi connectivity index (χ0) is 78.0. The summed E-state index contributed by atoms with van der Waals surface area (Å²) in [5.41, 5.74) is 21.6. The van der Waals surface area contributed by atoms with Crippen LogP contribution < -0.4 is 36.9 Å². The van der Waals surface area contributed by atoms with Crippen molar-refractivity contribution in [3.8, 4) is 57.0 Å². The molecule has 9 N–H and O–H groups in total. The number of nitrogens with two attached hydrogens (primary N) is 3. The number of carbonyl (C=O) groups is 2. The number of anilines is 3. The molecule has 2 atom stereocenters. The third-order valence-electron chi connectivity index (χ3n) is 17.5. The van der Waals surface area contributed by atoms with Gasteiger partial charge in [-0.3, -0.25) is 10.2 Å². The fourth-order valence-corrected chi connectivity index (χ4v) is 12.8. The Bertz CT molecular complexity index is 5120. The number of H-pyrrole nitrogens is 2. The van der Waals surface area contributed by atoms with Gasteiger partial charge in [0.25, 0.3) is 0 Å². The summed E-state index contributed by atoms with van der Waals surface area (Å²) in [5, 5.41) is 31.6.